The Kier molecular flexibility index (Phi) is 3.36. The quantitative estimate of drug-likeness (QED) is 0.630. The van der Waals surface area contributed by atoms with E-state index in [1.54, 1.807) is 6.26 Å². The highest BCUT2D eigenvalue weighted by Crippen LogP contribution is 2.44. The van der Waals surface area contributed by atoms with E-state index in [2.05, 4.69) is 6.58 Å². The van der Waals surface area contributed by atoms with Crippen LogP contribution in [-0.4, -0.2) is 32.0 Å². The van der Waals surface area contributed by atoms with Crippen molar-refractivity contribution in [3.05, 3.63) is 47.2 Å². The molecule has 0 amide bonds. The molecule has 0 aliphatic carbocycles. The summed E-state index contributed by atoms with van der Waals surface area (Å²) in [7, 11) is -0.344. The zero-order valence-corrected chi connectivity index (χ0v) is 12.0. The third kappa shape index (κ3) is 1.97. The molecule has 0 aromatic rings. The van der Waals surface area contributed by atoms with Crippen molar-refractivity contribution in [2.24, 2.45) is 5.73 Å². The molecule has 0 radical (unpaired) electrons. The van der Waals surface area contributed by atoms with Crippen molar-refractivity contribution in [3.63, 3.8) is 0 Å². The molecule has 0 unspecified atom stereocenters. The zero-order valence-electron chi connectivity index (χ0n) is 12.0. The fourth-order valence-corrected chi connectivity index (χ4v) is 3.12. The summed E-state index contributed by atoms with van der Waals surface area (Å²) in [6.45, 7) is 8.91. The molecule has 3 aliphatic heterocycles. The van der Waals surface area contributed by atoms with Crippen LogP contribution in [0.5, 0.6) is 0 Å². The molecule has 0 spiro atoms. The van der Waals surface area contributed by atoms with Gasteiger partial charge in [0.25, 0.3) is 0 Å². The molecule has 106 valence electrons. The van der Waals surface area contributed by atoms with Crippen LogP contribution in [-0.2, 0) is 14.0 Å². The van der Waals surface area contributed by atoms with Crippen molar-refractivity contribution in [3.8, 4) is 0 Å². The van der Waals surface area contributed by atoms with Gasteiger partial charge in [0, 0.05) is 6.54 Å². The lowest BCUT2D eigenvalue weighted by molar-refractivity contribution is 0.0893. The van der Waals surface area contributed by atoms with E-state index in [9.17, 15) is 0 Å². The lowest BCUT2D eigenvalue weighted by Crippen LogP contribution is -2.40. The van der Waals surface area contributed by atoms with Gasteiger partial charge in [-0.3, -0.25) is 0 Å². The third-order valence-electron chi connectivity index (χ3n) is 4.14. The highest BCUT2D eigenvalue weighted by molar-refractivity contribution is 6.57. The van der Waals surface area contributed by atoms with Gasteiger partial charge in [0.1, 0.15) is 6.61 Å². The molecule has 1 atom stereocenters. The normalized spacial score (nSPS) is 27.4. The van der Waals surface area contributed by atoms with Crippen molar-refractivity contribution in [2.45, 2.75) is 32.0 Å². The summed E-state index contributed by atoms with van der Waals surface area (Å²) in [5.41, 5.74) is 10.1. The molecule has 20 heavy (non-hydrogen) atoms. The largest absolute Gasteiger partial charge is 0.497 e. The number of allylic oxidation sites excluding steroid dienone is 4. The summed E-state index contributed by atoms with van der Waals surface area (Å²) in [5, 5.41) is 0. The molecule has 0 aromatic carbocycles. The van der Waals surface area contributed by atoms with Gasteiger partial charge in [-0.2, -0.15) is 0 Å². The molecular formula is C15H20BNO3. The summed E-state index contributed by atoms with van der Waals surface area (Å²) in [6, 6.07) is 0. The number of nitrogens with two attached hydrogens (primary N) is 1. The maximum absolute atomic E-state index is 6.05. The second-order valence-electron chi connectivity index (χ2n) is 5.76. The van der Waals surface area contributed by atoms with Crippen LogP contribution in [0.2, 0.25) is 0 Å². The molecule has 0 aromatic heterocycles. The van der Waals surface area contributed by atoms with Crippen molar-refractivity contribution < 1.29 is 14.0 Å². The van der Waals surface area contributed by atoms with E-state index in [0.29, 0.717) is 13.2 Å². The topological polar surface area (TPSA) is 53.7 Å². The average Bonchev–Trinajstić information content (AvgIpc) is 2.57. The monoisotopic (exact) mass is 273 g/mol. The van der Waals surface area contributed by atoms with Crippen LogP contribution in [0.4, 0.5) is 0 Å². The van der Waals surface area contributed by atoms with Crippen LogP contribution in [0.15, 0.2) is 47.2 Å². The lowest BCUT2D eigenvalue weighted by atomic mass is 9.68. The first-order chi connectivity index (χ1) is 9.58. The molecule has 0 saturated heterocycles. The minimum absolute atomic E-state index is 0.130. The Hall–Kier alpha value is -1.30. The van der Waals surface area contributed by atoms with Crippen LogP contribution < -0.4 is 5.73 Å². The Morgan fingerprint density at radius 3 is 3.05 bits per heavy atom. The van der Waals surface area contributed by atoms with Gasteiger partial charge in [0.2, 0.25) is 0 Å². The number of hydrogen-bond acceptors (Lipinski definition) is 4. The fourth-order valence-electron chi connectivity index (χ4n) is 3.12. The van der Waals surface area contributed by atoms with Gasteiger partial charge in [-0.05, 0) is 48.5 Å². The first kappa shape index (κ1) is 13.7. The molecular weight excluding hydrogens is 253 g/mol. The van der Waals surface area contributed by atoms with Gasteiger partial charge < -0.3 is 19.8 Å². The predicted octanol–water partition coefficient (Wildman–Crippen LogP) is 1.89. The summed E-state index contributed by atoms with van der Waals surface area (Å²) >= 11 is 0. The van der Waals surface area contributed by atoms with Crippen LogP contribution in [0.1, 0.15) is 20.3 Å². The van der Waals surface area contributed by atoms with Gasteiger partial charge in [0.05, 0.1) is 18.0 Å². The highest BCUT2D eigenvalue weighted by atomic mass is 16.6. The van der Waals surface area contributed by atoms with Gasteiger partial charge >= 0.3 is 7.12 Å². The molecule has 3 aliphatic rings. The van der Waals surface area contributed by atoms with E-state index < -0.39 is 0 Å². The molecule has 2 N–H and O–H groups in total. The maximum atomic E-state index is 6.05. The van der Waals surface area contributed by atoms with Crippen molar-refractivity contribution in [1.29, 1.82) is 0 Å². The van der Waals surface area contributed by atoms with Crippen LogP contribution in [0, 0.1) is 0 Å². The van der Waals surface area contributed by atoms with E-state index >= 15 is 0 Å². The summed E-state index contributed by atoms with van der Waals surface area (Å²) in [6.07, 6.45) is 6.27. The second-order valence-corrected chi connectivity index (χ2v) is 5.76. The Morgan fingerprint density at radius 2 is 2.35 bits per heavy atom. The number of ether oxygens (including phenoxy) is 1. The van der Waals surface area contributed by atoms with Crippen LogP contribution >= 0.6 is 0 Å². The van der Waals surface area contributed by atoms with E-state index in [0.717, 1.165) is 28.6 Å². The van der Waals surface area contributed by atoms with E-state index in [4.69, 9.17) is 19.8 Å². The van der Waals surface area contributed by atoms with Crippen molar-refractivity contribution in [1.82, 2.24) is 0 Å². The highest BCUT2D eigenvalue weighted by Gasteiger charge is 2.50. The minimum Gasteiger partial charge on any atom is -0.497 e. The Labute approximate surface area is 120 Å². The summed E-state index contributed by atoms with van der Waals surface area (Å²) < 4.78 is 17.7. The van der Waals surface area contributed by atoms with Gasteiger partial charge in [-0.25, -0.2) is 0 Å². The number of hydrogen-bond donors (Lipinski definition) is 1. The smallest absolute Gasteiger partial charge is 0.495 e. The molecule has 0 bridgehead atoms. The zero-order chi connectivity index (χ0) is 14.3. The summed E-state index contributed by atoms with van der Waals surface area (Å²) in [5.74, 6) is 0. The lowest BCUT2D eigenvalue weighted by Gasteiger charge is -2.30. The van der Waals surface area contributed by atoms with Crippen molar-refractivity contribution >= 4 is 7.12 Å². The average molecular weight is 273 g/mol. The Bertz CT molecular complexity index is 533. The first-order valence-corrected chi connectivity index (χ1v) is 6.98. The minimum atomic E-state index is -0.375. The molecule has 0 saturated carbocycles. The Balaban J connectivity index is 2.18. The first-order valence-electron chi connectivity index (χ1n) is 6.98. The van der Waals surface area contributed by atoms with Gasteiger partial charge in [-0.1, -0.05) is 6.08 Å². The van der Waals surface area contributed by atoms with E-state index in [1.807, 2.05) is 26.0 Å². The molecule has 5 heteroatoms. The third-order valence-corrected chi connectivity index (χ3v) is 4.14. The van der Waals surface area contributed by atoms with Gasteiger partial charge in [-0.15, -0.1) is 6.58 Å². The second kappa shape index (κ2) is 4.92. The summed E-state index contributed by atoms with van der Waals surface area (Å²) in [4.78, 5) is 0. The SMILES string of the molecule is C=CCC1=C2C=COCC3=C2B(O[C@@H]1CN)OC3(C)C. The molecule has 3 heterocycles. The molecule has 0 fully saturated rings. The fraction of sp³-hybridized carbons (Fsp3) is 0.467. The number of rotatable bonds is 3. The van der Waals surface area contributed by atoms with E-state index in [1.165, 1.54) is 0 Å². The molecule has 3 rings (SSSR count). The van der Waals surface area contributed by atoms with Crippen molar-refractivity contribution in [2.75, 3.05) is 13.2 Å². The predicted molar refractivity (Wildman–Crippen MR) is 78.8 cm³/mol. The Morgan fingerprint density at radius 1 is 1.55 bits per heavy atom. The van der Waals surface area contributed by atoms with Crippen LogP contribution in [0.3, 0.4) is 0 Å². The molecule has 4 nitrogen and oxygen atoms in total. The van der Waals surface area contributed by atoms with Crippen LogP contribution in [0.25, 0.3) is 0 Å². The van der Waals surface area contributed by atoms with Gasteiger partial charge in [0.15, 0.2) is 0 Å². The maximum Gasteiger partial charge on any atom is 0.495 e. The van der Waals surface area contributed by atoms with E-state index in [-0.39, 0.29) is 18.8 Å². The standard InChI is InChI=1S/C15H20BNO3/c1-4-5-10-11-6-7-18-9-12-14(11)16(19-13(10)8-17)20-15(12,2)3/h4,6-7,13H,1,5,8-9,17H2,2-3H3/t13-/m1/s1.